The highest BCUT2D eigenvalue weighted by atomic mass is 16.5. The smallest absolute Gasteiger partial charge is 0.191 e. The summed E-state index contributed by atoms with van der Waals surface area (Å²) < 4.78 is 7.20. The Morgan fingerprint density at radius 3 is 2.39 bits per heavy atom. The van der Waals surface area contributed by atoms with Gasteiger partial charge in [-0.25, -0.2) is 0 Å². The molecule has 1 aromatic heterocycles. The number of rotatable bonds is 7. The Kier molecular flexibility index (Phi) is 7.11. The van der Waals surface area contributed by atoms with Gasteiger partial charge in [0.15, 0.2) is 5.96 Å². The summed E-state index contributed by atoms with van der Waals surface area (Å²) in [5.41, 5.74) is 4.83. The maximum Gasteiger partial charge on any atom is 0.191 e. The fraction of sp³-hybridized carbons (Fsp3) is 0.545. The Labute approximate surface area is 169 Å². The monoisotopic (exact) mass is 385 g/mol. The Morgan fingerprint density at radius 2 is 1.89 bits per heavy atom. The number of ether oxygens (including phenoxy) is 1. The standard InChI is InChI=1S/C22H35N5O/c1-15(13-20-16(2)26-27(7)17(20)3)25-21(23-6)24-14-22(4,5)18-9-11-19(28-8)12-10-18/h9-12,15H,13-14H2,1-8H3,(H2,23,24,25). The van der Waals surface area contributed by atoms with E-state index in [0.717, 1.165) is 30.4 Å². The highest BCUT2D eigenvalue weighted by Crippen LogP contribution is 2.24. The van der Waals surface area contributed by atoms with Gasteiger partial charge in [-0.15, -0.1) is 0 Å². The molecule has 1 aromatic carbocycles. The van der Waals surface area contributed by atoms with Crippen LogP contribution in [0.2, 0.25) is 0 Å². The molecule has 0 saturated carbocycles. The van der Waals surface area contributed by atoms with E-state index in [-0.39, 0.29) is 11.5 Å². The van der Waals surface area contributed by atoms with E-state index < -0.39 is 0 Å². The maximum atomic E-state index is 5.26. The van der Waals surface area contributed by atoms with Crippen LogP contribution in [0.25, 0.3) is 0 Å². The molecule has 0 spiro atoms. The lowest BCUT2D eigenvalue weighted by molar-refractivity contribution is 0.414. The van der Waals surface area contributed by atoms with Crippen LogP contribution in [-0.2, 0) is 18.9 Å². The van der Waals surface area contributed by atoms with E-state index in [2.05, 4.69) is 67.5 Å². The molecule has 0 aliphatic rings. The van der Waals surface area contributed by atoms with E-state index in [1.165, 1.54) is 16.8 Å². The van der Waals surface area contributed by atoms with Gasteiger partial charge in [-0.3, -0.25) is 9.67 Å². The minimum Gasteiger partial charge on any atom is -0.497 e. The molecular formula is C22H35N5O. The van der Waals surface area contributed by atoms with Crippen LogP contribution in [0.5, 0.6) is 5.75 Å². The molecule has 28 heavy (non-hydrogen) atoms. The van der Waals surface area contributed by atoms with Crippen molar-refractivity contribution in [2.24, 2.45) is 12.0 Å². The van der Waals surface area contributed by atoms with Gasteiger partial charge < -0.3 is 15.4 Å². The molecule has 0 radical (unpaired) electrons. The number of benzene rings is 1. The third-order valence-electron chi connectivity index (χ3n) is 5.35. The molecule has 2 rings (SSSR count). The van der Waals surface area contributed by atoms with Gasteiger partial charge in [-0.05, 0) is 50.5 Å². The average Bonchev–Trinajstić information content (AvgIpc) is 2.91. The van der Waals surface area contributed by atoms with E-state index in [4.69, 9.17) is 4.74 Å². The summed E-state index contributed by atoms with van der Waals surface area (Å²) in [5.74, 6) is 1.69. The maximum absolute atomic E-state index is 5.26. The first kappa shape index (κ1) is 21.8. The normalized spacial score (nSPS) is 13.4. The molecule has 0 aliphatic heterocycles. The Hall–Kier alpha value is -2.50. The highest BCUT2D eigenvalue weighted by molar-refractivity contribution is 5.80. The van der Waals surface area contributed by atoms with Crippen molar-refractivity contribution in [2.75, 3.05) is 20.7 Å². The van der Waals surface area contributed by atoms with Gasteiger partial charge in [0.05, 0.1) is 12.8 Å². The highest BCUT2D eigenvalue weighted by Gasteiger charge is 2.21. The first-order valence-corrected chi connectivity index (χ1v) is 9.78. The summed E-state index contributed by atoms with van der Waals surface area (Å²) in [6, 6.07) is 8.49. The number of hydrogen-bond acceptors (Lipinski definition) is 3. The van der Waals surface area contributed by atoms with E-state index in [1.807, 2.05) is 30.9 Å². The Bertz CT molecular complexity index is 805. The minimum absolute atomic E-state index is 0.0380. The molecule has 1 unspecified atom stereocenters. The van der Waals surface area contributed by atoms with Gasteiger partial charge in [-0.1, -0.05) is 26.0 Å². The predicted octanol–water partition coefficient (Wildman–Crippen LogP) is 3.12. The second-order valence-electron chi connectivity index (χ2n) is 8.06. The predicted molar refractivity (Wildman–Crippen MR) is 116 cm³/mol. The lowest BCUT2D eigenvalue weighted by atomic mass is 9.84. The number of aryl methyl sites for hydroxylation is 2. The van der Waals surface area contributed by atoms with Crippen molar-refractivity contribution in [3.8, 4) is 5.75 Å². The third-order valence-corrected chi connectivity index (χ3v) is 5.35. The van der Waals surface area contributed by atoms with Gasteiger partial charge >= 0.3 is 0 Å². The molecule has 1 atom stereocenters. The molecule has 6 nitrogen and oxygen atoms in total. The van der Waals surface area contributed by atoms with Gasteiger partial charge in [0.2, 0.25) is 0 Å². The Morgan fingerprint density at radius 1 is 1.25 bits per heavy atom. The quantitative estimate of drug-likeness (QED) is 0.568. The second kappa shape index (κ2) is 9.13. The lowest BCUT2D eigenvalue weighted by Crippen LogP contribution is -2.47. The number of hydrogen-bond donors (Lipinski definition) is 2. The van der Waals surface area contributed by atoms with Crippen LogP contribution >= 0.6 is 0 Å². The SMILES string of the molecule is CN=C(NCC(C)(C)c1ccc(OC)cc1)NC(C)Cc1c(C)nn(C)c1C. The van der Waals surface area contributed by atoms with Crippen LogP contribution in [0, 0.1) is 13.8 Å². The minimum atomic E-state index is -0.0380. The molecule has 0 amide bonds. The Balaban J connectivity index is 1.95. The molecule has 0 fully saturated rings. The number of guanidine groups is 1. The van der Waals surface area contributed by atoms with Crippen LogP contribution in [0.1, 0.15) is 43.3 Å². The van der Waals surface area contributed by atoms with Crippen LogP contribution in [0.15, 0.2) is 29.3 Å². The molecule has 2 N–H and O–H groups in total. The molecule has 6 heteroatoms. The zero-order valence-electron chi connectivity index (χ0n) is 18.6. The van der Waals surface area contributed by atoms with Crippen LogP contribution in [0.3, 0.4) is 0 Å². The summed E-state index contributed by atoms with van der Waals surface area (Å²) in [6.45, 7) is 11.6. The summed E-state index contributed by atoms with van der Waals surface area (Å²) in [5, 5.41) is 11.5. The van der Waals surface area contributed by atoms with Gasteiger partial charge in [0.25, 0.3) is 0 Å². The van der Waals surface area contributed by atoms with E-state index in [9.17, 15) is 0 Å². The third kappa shape index (κ3) is 5.27. The summed E-state index contributed by atoms with van der Waals surface area (Å²) >= 11 is 0. The van der Waals surface area contributed by atoms with Gasteiger partial charge in [-0.2, -0.15) is 5.10 Å². The number of nitrogens with one attached hydrogen (secondary N) is 2. The van der Waals surface area contributed by atoms with Crippen molar-refractivity contribution < 1.29 is 4.74 Å². The summed E-state index contributed by atoms with van der Waals surface area (Å²) in [4.78, 5) is 4.40. The molecule has 154 valence electrons. The van der Waals surface area contributed by atoms with Crippen molar-refractivity contribution in [3.05, 3.63) is 46.8 Å². The van der Waals surface area contributed by atoms with Crippen molar-refractivity contribution in [1.82, 2.24) is 20.4 Å². The zero-order valence-corrected chi connectivity index (χ0v) is 18.6. The molecule has 1 heterocycles. The number of nitrogens with zero attached hydrogens (tertiary/aromatic N) is 3. The first-order valence-electron chi connectivity index (χ1n) is 9.78. The average molecular weight is 386 g/mol. The van der Waals surface area contributed by atoms with Crippen LogP contribution in [-0.4, -0.2) is 42.5 Å². The van der Waals surface area contributed by atoms with Crippen molar-refractivity contribution in [3.63, 3.8) is 0 Å². The molecule has 0 saturated heterocycles. The first-order chi connectivity index (χ1) is 13.2. The number of aliphatic imine (C=N–C) groups is 1. The second-order valence-corrected chi connectivity index (χ2v) is 8.06. The zero-order chi connectivity index (χ0) is 20.9. The number of aromatic nitrogens is 2. The van der Waals surface area contributed by atoms with Crippen LogP contribution in [0.4, 0.5) is 0 Å². The summed E-state index contributed by atoms with van der Waals surface area (Å²) in [6.07, 6.45) is 0.911. The molecule has 0 bridgehead atoms. The fourth-order valence-electron chi connectivity index (χ4n) is 3.35. The molecule has 0 aliphatic carbocycles. The van der Waals surface area contributed by atoms with Crippen molar-refractivity contribution in [2.45, 2.75) is 52.5 Å². The topological polar surface area (TPSA) is 63.5 Å². The van der Waals surface area contributed by atoms with E-state index in [0.29, 0.717) is 0 Å². The van der Waals surface area contributed by atoms with E-state index in [1.54, 1.807) is 7.11 Å². The fourth-order valence-corrected chi connectivity index (χ4v) is 3.35. The van der Waals surface area contributed by atoms with Crippen LogP contribution < -0.4 is 15.4 Å². The van der Waals surface area contributed by atoms with Crippen molar-refractivity contribution >= 4 is 5.96 Å². The summed E-state index contributed by atoms with van der Waals surface area (Å²) in [7, 11) is 5.49. The van der Waals surface area contributed by atoms with E-state index >= 15 is 0 Å². The van der Waals surface area contributed by atoms with Crippen molar-refractivity contribution in [1.29, 1.82) is 0 Å². The number of methoxy groups -OCH3 is 1. The molecular weight excluding hydrogens is 350 g/mol. The molecule has 2 aromatic rings. The lowest BCUT2D eigenvalue weighted by Gasteiger charge is -2.28. The van der Waals surface area contributed by atoms with Gasteiger partial charge in [0.1, 0.15) is 5.75 Å². The largest absolute Gasteiger partial charge is 0.497 e. The van der Waals surface area contributed by atoms with Gasteiger partial charge in [0, 0.05) is 37.8 Å².